The average molecular weight is 1030 g/mol. The van der Waals surface area contributed by atoms with E-state index in [0.717, 1.165) is 85.0 Å². The van der Waals surface area contributed by atoms with Crippen LogP contribution in [0.15, 0.2) is 146 Å². The second-order valence-corrected chi connectivity index (χ2v) is 21.3. The number of likely N-dealkylation sites (tertiary alicyclic amines) is 2. The van der Waals surface area contributed by atoms with E-state index in [2.05, 4.69) is 21.3 Å². The van der Waals surface area contributed by atoms with Gasteiger partial charge < -0.3 is 31.1 Å². The van der Waals surface area contributed by atoms with Gasteiger partial charge in [0.25, 0.3) is 11.8 Å². The van der Waals surface area contributed by atoms with Gasteiger partial charge in [0.05, 0.1) is 36.0 Å². The Labute approximate surface area is 440 Å². The number of nitrogens with one attached hydrogen (secondary N) is 4. The molecule has 4 aliphatic heterocycles. The van der Waals surface area contributed by atoms with E-state index in [1.165, 1.54) is 48.5 Å². The summed E-state index contributed by atoms with van der Waals surface area (Å²) in [4.78, 5) is 58.1. The predicted octanol–water partition coefficient (Wildman–Crippen LogP) is 12.0. The molecule has 4 amide bonds. The molecule has 4 fully saturated rings. The fourth-order valence-corrected chi connectivity index (χ4v) is 13.3. The SMILES string of the molecule is O=C(N[C@@H]1CCCC[C@@H]1C(=O)N1CC[C@@H]2[C@H](c3ccc(F)cc3)Nc3ccc(F)cc3[C@@H]21)c1ccccc1.O=C(N[C@@H]1CCCC[C@@H]1C(=O)N1CC[C@H]2[C@@H](c3ccc(F)cc3)Nc3ccc(F)cc3[C@H]21)c1ccccc1. The molecule has 10 atom stereocenters. The molecule has 0 unspecified atom stereocenters. The van der Waals surface area contributed by atoms with Crippen molar-refractivity contribution in [3.8, 4) is 0 Å². The summed E-state index contributed by atoms with van der Waals surface area (Å²) in [6.45, 7) is 1.11. The first-order chi connectivity index (χ1) is 37.0. The molecule has 392 valence electrons. The summed E-state index contributed by atoms with van der Waals surface area (Å²) in [6, 6.07) is 39.1. The number of carbonyl (C=O) groups is 4. The van der Waals surface area contributed by atoms with Gasteiger partial charge in [-0.15, -0.1) is 0 Å². The zero-order valence-electron chi connectivity index (χ0n) is 42.2. The predicted molar refractivity (Wildman–Crippen MR) is 283 cm³/mol. The van der Waals surface area contributed by atoms with Crippen molar-refractivity contribution in [1.29, 1.82) is 0 Å². The molecule has 76 heavy (non-hydrogen) atoms. The second kappa shape index (κ2) is 22.0. The maximum atomic E-state index is 14.4. The Kier molecular flexibility index (Phi) is 14.7. The lowest BCUT2D eigenvalue weighted by Crippen LogP contribution is -2.50. The molecule has 10 nitrogen and oxygen atoms in total. The van der Waals surface area contributed by atoms with Crippen LogP contribution in [0.4, 0.5) is 28.9 Å². The quantitative estimate of drug-likeness (QED) is 0.113. The second-order valence-electron chi connectivity index (χ2n) is 21.3. The van der Waals surface area contributed by atoms with Crippen LogP contribution in [0, 0.1) is 46.9 Å². The molecule has 6 aromatic rings. The molecule has 4 heterocycles. The third kappa shape index (κ3) is 10.3. The van der Waals surface area contributed by atoms with Crippen molar-refractivity contribution in [2.45, 2.75) is 100 Å². The topological polar surface area (TPSA) is 123 Å². The van der Waals surface area contributed by atoms with Crippen molar-refractivity contribution >= 4 is 35.0 Å². The number of fused-ring (bicyclic) bond motifs is 6. The van der Waals surface area contributed by atoms with Gasteiger partial charge >= 0.3 is 0 Å². The van der Waals surface area contributed by atoms with Gasteiger partial charge in [0.1, 0.15) is 23.3 Å². The highest BCUT2D eigenvalue weighted by atomic mass is 19.1. The number of carbonyl (C=O) groups excluding carboxylic acids is 4. The van der Waals surface area contributed by atoms with Crippen LogP contribution in [0.2, 0.25) is 0 Å². The number of hydrogen-bond donors (Lipinski definition) is 4. The fraction of sp³-hybridized carbons (Fsp3) is 0.355. The molecule has 0 radical (unpaired) electrons. The Bertz CT molecular complexity index is 2870. The molecule has 0 spiro atoms. The summed E-state index contributed by atoms with van der Waals surface area (Å²) < 4.78 is 56.2. The number of anilines is 2. The molecular weight excluding hydrogens is 969 g/mol. The van der Waals surface area contributed by atoms with Gasteiger partial charge in [-0.25, -0.2) is 17.6 Å². The van der Waals surface area contributed by atoms with E-state index in [0.29, 0.717) is 37.1 Å². The standard InChI is InChI=1S/2C31H31F2N3O2/c2*32-21-12-10-19(11-13-21)28-24-16-17-36(29(24)25-18-22(33)14-15-27(25)34-28)31(38)23-8-4-5-9-26(23)35-30(37)20-6-2-1-3-7-20/h2*1-3,6-7,10-15,18,23-24,26,28-29,34H,4-5,8-9,16-17H2,(H,35,37)/t23-,24+,26+,28-,29+;23-,24-,26+,28+,29-/m00/s1. The molecule has 0 aromatic heterocycles. The van der Waals surface area contributed by atoms with Crippen molar-refractivity contribution in [3.63, 3.8) is 0 Å². The summed E-state index contributed by atoms with van der Waals surface area (Å²) in [5.74, 6) is -2.20. The van der Waals surface area contributed by atoms with Crippen LogP contribution >= 0.6 is 0 Å². The molecular formula is C62H62F4N6O4. The van der Waals surface area contributed by atoms with Gasteiger partial charge in [-0.1, -0.05) is 86.3 Å². The third-order valence-electron chi connectivity index (χ3n) is 16.9. The van der Waals surface area contributed by atoms with E-state index in [-0.39, 0.29) is 107 Å². The van der Waals surface area contributed by atoms with Crippen LogP contribution in [0.25, 0.3) is 0 Å². The Morgan fingerprint density at radius 2 is 0.803 bits per heavy atom. The zero-order valence-corrected chi connectivity index (χ0v) is 42.2. The maximum Gasteiger partial charge on any atom is 0.251 e. The van der Waals surface area contributed by atoms with Gasteiger partial charge in [0.2, 0.25) is 11.8 Å². The fourth-order valence-electron chi connectivity index (χ4n) is 13.3. The van der Waals surface area contributed by atoms with Gasteiger partial charge in [-0.2, -0.15) is 0 Å². The zero-order chi connectivity index (χ0) is 52.5. The van der Waals surface area contributed by atoms with Crippen molar-refractivity contribution in [2.24, 2.45) is 23.7 Å². The van der Waals surface area contributed by atoms with E-state index in [9.17, 15) is 36.7 Å². The minimum Gasteiger partial charge on any atom is -0.378 e. The van der Waals surface area contributed by atoms with Crippen LogP contribution in [0.1, 0.15) is 131 Å². The minimum absolute atomic E-state index is 0.0136. The smallest absolute Gasteiger partial charge is 0.251 e. The van der Waals surface area contributed by atoms with Gasteiger partial charge in [-0.3, -0.25) is 19.2 Å². The number of nitrogens with zero attached hydrogens (tertiary/aromatic N) is 2. The molecule has 6 aliphatic rings. The van der Waals surface area contributed by atoms with Gasteiger partial charge in [-0.05, 0) is 135 Å². The first-order valence-corrected chi connectivity index (χ1v) is 26.9. The lowest BCUT2D eigenvalue weighted by molar-refractivity contribution is -0.139. The number of amides is 4. The number of rotatable bonds is 8. The molecule has 2 saturated heterocycles. The van der Waals surface area contributed by atoms with E-state index >= 15 is 0 Å². The van der Waals surface area contributed by atoms with E-state index < -0.39 is 0 Å². The van der Waals surface area contributed by atoms with E-state index in [1.54, 1.807) is 60.7 Å². The molecule has 0 bridgehead atoms. The van der Waals surface area contributed by atoms with Crippen LogP contribution in [-0.4, -0.2) is 58.6 Å². The summed E-state index contributed by atoms with van der Waals surface area (Å²) in [6.07, 6.45) is 8.20. The first kappa shape index (κ1) is 50.7. The van der Waals surface area contributed by atoms with Crippen molar-refractivity contribution in [2.75, 3.05) is 23.7 Å². The monoisotopic (exact) mass is 1030 g/mol. The summed E-state index contributed by atoms with van der Waals surface area (Å²) in [7, 11) is 0. The molecule has 4 N–H and O–H groups in total. The third-order valence-corrected chi connectivity index (χ3v) is 16.9. The highest BCUT2D eigenvalue weighted by Crippen LogP contribution is 2.54. The molecule has 2 saturated carbocycles. The first-order valence-electron chi connectivity index (χ1n) is 26.9. The van der Waals surface area contributed by atoms with Crippen molar-refractivity contribution in [1.82, 2.24) is 20.4 Å². The molecule has 12 rings (SSSR count). The van der Waals surface area contributed by atoms with Crippen molar-refractivity contribution < 1.29 is 36.7 Å². The lowest BCUT2D eigenvalue weighted by Gasteiger charge is -2.42. The maximum absolute atomic E-state index is 14.4. The highest BCUT2D eigenvalue weighted by molar-refractivity contribution is 5.95. The van der Waals surface area contributed by atoms with E-state index in [4.69, 9.17) is 0 Å². The summed E-state index contributed by atoms with van der Waals surface area (Å²) in [5.41, 5.74) is 6.18. The molecule has 14 heteroatoms. The van der Waals surface area contributed by atoms with E-state index in [1.807, 2.05) is 46.2 Å². The largest absolute Gasteiger partial charge is 0.378 e. The highest BCUT2D eigenvalue weighted by Gasteiger charge is 2.50. The van der Waals surface area contributed by atoms with Crippen LogP contribution in [0.3, 0.4) is 0 Å². The van der Waals surface area contributed by atoms with Gasteiger partial charge in [0, 0.05) is 70.6 Å². The molecule has 2 aliphatic carbocycles. The van der Waals surface area contributed by atoms with Crippen molar-refractivity contribution in [3.05, 3.63) is 202 Å². The minimum atomic E-state index is -0.338. The van der Waals surface area contributed by atoms with Gasteiger partial charge in [0.15, 0.2) is 0 Å². The normalized spacial score (nSPS) is 26.2. The van der Waals surface area contributed by atoms with Crippen LogP contribution in [-0.2, 0) is 9.59 Å². The Balaban J connectivity index is 0.000000162. The Morgan fingerprint density at radius 3 is 1.20 bits per heavy atom. The number of halogens is 4. The summed E-state index contributed by atoms with van der Waals surface area (Å²) >= 11 is 0. The average Bonchev–Trinajstić information content (AvgIpc) is 4.13. The van der Waals surface area contributed by atoms with Crippen LogP contribution in [0.5, 0.6) is 0 Å². The Hall–Kier alpha value is -7.48. The summed E-state index contributed by atoms with van der Waals surface area (Å²) in [5, 5.41) is 13.3. The molecule has 6 aromatic carbocycles. The lowest BCUT2D eigenvalue weighted by atomic mass is 9.79. The van der Waals surface area contributed by atoms with Crippen LogP contribution < -0.4 is 21.3 Å². The number of benzene rings is 6. The number of hydrogen-bond acceptors (Lipinski definition) is 6. The Morgan fingerprint density at radius 1 is 0.434 bits per heavy atom.